The van der Waals surface area contributed by atoms with E-state index in [9.17, 15) is 4.79 Å². The van der Waals surface area contributed by atoms with Gasteiger partial charge >= 0.3 is 5.97 Å². The number of hydrogen-bond donors (Lipinski definition) is 2. The number of hydrogen-bond acceptors (Lipinski definition) is 2. The van der Waals surface area contributed by atoms with Crippen molar-refractivity contribution in [3.63, 3.8) is 0 Å². The molecule has 0 amide bonds. The molecule has 1 rings (SSSR count). The summed E-state index contributed by atoms with van der Waals surface area (Å²) in [6.45, 7) is 5.29. The quantitative estimate of drug-likeness (QED) is 0.533. The summed E-state index contributed by atoms with van der Waals surface area (Å²) in [6, 6.07) is 5.12. The minimum absolute atomic E-state index is 0.0739. The number of anilines is 1. The molecule has 0 radical (unpaired) electrons. The summed E-state index contributed by atoms with van der Waals surface area (Å²) in [5.74, 6) is -1.02. The third-order valence-electron chi connectivity index (χ3n) is 1.84. The molecule has 13 heavy (non-hydrogen) atoms. The molecule has 0 aliphatic carbocycles. The summed E-state index contributed by atoms with van der Waals surface area (Å²) in [5.41, 5.74) is 7.60. The van der Waals surface area contributed by atoms with Crippen molar-refractivity contribution in [1.29, 1.82) is 0 Å². The van der Waals surface area contributed by atoms with Crippen molar-refractivity contribution < 1.29 is 9.90 Å². The maximum atomic E-state index is 10.6. The van der Waals surface area contributed by atoms with E-state index in [2.05, 4.69) is 6.58 Å². The first kappa shape index (κ1) is 9.32. The van der Waals surface area contributed by atoms with Crippen molar-refractivity contribution in [2.45, 2.75) is 6.92 Å². The van der Waals surface area contributed by atoms with E-state index in [4.69, 9.17) is 10.8 Å². The predicted molar refractivity (Wildman–Crippen MR) is 52.3 cm³/mol. The Morgan fingerprint density at radius 3 is 2.69 bits per heavy atom. The molecule has 1 aromatic rings. The Morgan fingerprint density at radius 2 is 2.15 bits per heavy atom. The zero-order valence-electron chi connectivity index (χ0n) is 7.37. The van der Waals surface area contributed by atoms with Gasteiger partial charge in [-0.25, -0.2) is 4.79 Å². The van der Waals surface area contributed by atoms with Gasteiger partial charge < -0.3 is 10.8 Å². The highest BCUT2D eigenvalue weighted by Crippen LogP contribution is 2.20. The molecule has 0 aromatic heterocycles. The van der Waals surface area contributed by atoms with Crippen LogP contribution < -0.4 is 5.73 Å². The second-order valence-corrected chi connectivity index (χ2v) is 2.86. The van der Waals surface area contributed by atoms with E-state index in [1.54, 1.807) is 18.2 Å². The molecule has 68 valence electrons. The number of carbonyl (C=O) groups is 1. The normalized spacial score (nSPS) is 9.62. The summed E-state index contributed by atoms with van der Waals surface area (Å²) in [7, 11) is 0. The number of nitrogen functional groups attached to an aromatic ring is 1. The van der Waals surface area contributed by atoms with Crippen LogP contribution in [0, 0.1) is 6.92 Å². The van der Waals surface area contributed by atoms with E-state index < -0.39 is 5.97 Å². The highest BCUT2D eigenvalue weighted by atomic mass is 16.4. The van der Waals surface area contributed by atoms with Crippen molar-refractivity contribution >= 4 is 17.2 Å². The highest BCUT2D eigenvalue weighted by molar-refractivity contribution is 6.15. The molecule has 3 heteroatoms. The first-order chi connectivity index (χ1) is 6.02. The molecule has 3 nitrogen and oxygen atoms in total. The highest BCUT2D eigenvalue weighted by Gasteiger charge is 2.09. The van der Waals surface area contributed by atoms with E-state index in [1.807, 2.05) is 6.92 Å². The molecule has 0 saturated heterocycles. The fourth-order valence-corrected chi connectivity index (χ4v) is 1.08. The molecular weight excluding hydrogens is 166 g/mol. The number of nitrogens with two attached hydrogens (primary N) is 1. The van der Waals surface area contributed by atoms with Gasteiger partial charge in [0.2, 0.25) is 0 Å². The zero-order valence-corrected chi connectivity index (χ0v) is 7.37. The van der Waals surface area contributed by atoms with Gasteiger partial charge in [-0.05, 0) is 30.2 Å². The average Bonchev–Trinajstić information content (AvgIpc) is 2.08. The molecule has 0 atom stereocenters. The Bertz CT molecular complexity index is 369. The van der Waals surface area contributed by atoms with Crippen molar-refractivity contribution in [3.05, 3.63) is 35.9 Å². The first-order valence-electron chi connectivity index (χ1n) is 3.81. The zero-order chi connectivity index (χ0) is 10.0. The number of benzene rings is 1. The van der Waals surface area contributed by atoms with Crippen LogP contribution in [0.1, 0.15) is 11.1 Å². The van der Waals surface area contributed by atoms with Gasteiger partial charge in [0, 0.05) is 5.69 Å². The Kier molecular flexibility index (Phi) is 2.37. The Labute approximate surface area is 76.5 Å². The fourth-order valence-electron chi connectivity index (χ4n) is 1.08. The topological polar surface area (TPSA) is 63.3 Å². The van der Waals surface area contributed by atoms with Gasteiger partial charge in [-0.2, -0.15) is 0 Å². The van der Waals surface area contributed by atoms with Gasteiger partial charge in [0.15, 0.2) is 0 Å². The average molecular weight is 177 g/mol. The smallest absolute Gasteiger partial charge is 0.335 e. The number of rotatable bonds is 2. The van der Waals surface area contributed by atoms with E-state index in [0.29, 0.717) is 11.3 Å². The Morgan fingerprint density at radius 1 is 1.54 bits per heavy atom. The molecule has 0 fully saturated rings. The second kappa shape index (κ2) is 3.31. The Hall–Kier alpha value is -1.77. The number of aryl methyl sites for hydroxylation is 1. The van der Waals surface area contributed by atoms with Crippen LogP contribution in [0.25, 0.3) is 5.57 Å². The summed E-state index contributed by atoms with van der Waals surface area (Å²) < 4.78 is 0. The SMILES string of the molecule is C=C(C(=O)O)c1cc(N)ccc1C. The number of carboxylic acid groups (broad SMARTS) is 1. The van der Waals surface area contributed by atoms with E-state index in [0.717, 1.165) is 5.56 Å². The number of carboxylic acids is 1. The lowest BCUT2D eigenvalue weighted by Gasteiger charge is -2.05. The van der Waals surface area contributed by atoms with Gasteiger partial charge in [-0.15, -0.1) is 0 Å². The van der Waals surface area contributed by atoms with Crippen molar-refractivity contribution in [1.82, 2.24) is 0 Å². The lowest BCUT2D eigenvalue weighted by atomic mass is 10.0. The van der Waals surface area contributed by atoms with Crippen LogP contribution in [-0.2, 0) is 4.79 Å². The van der Waals surface area contributed by atoms with Gasteiger partial charge in [-0.1, -0.05) is 12.6 Å². The van der Waals surface area contributed by atoms with Crippen molar-refractivity contribution in [3.8, 4) is 0 Å². The van der Waals surface area contributed by atoms with Crippen LogP contribution in [-0.4, -0.2) is 11.1 Å². The van der Waals surface area contributed by atoms with Crippen LogP contribution >= 0.6 is 0 Å². The largest absolute Gasteiger partial charge is 0.478 e. The van der Waals surface area contributed by atoms with Gasteiger partial charge in [0.1, 0.15) is 0 Å². The summed E-state index contributed by atoms with van der Waals surface area (Å²) in [5, 5.41) is 8.71. The molecule has 0 saturated carbocycles. The molecular formula is C10H11NO2. The Balaban J connectivity index is 3.21. The minimum atomic E-state index is -1.02. The first-order valence-corrected chi connectivity index (χ1v) is 3.81. The summed E-state index contributed by atoms with van der Waals surface area (Å²) in [6.07, 6.45) is 0. The van der Waals surface area contributed by atoms with E-state index in [-0.39, 0.29) is 5.57 Å². The maximum Gasteiger partial charge on any atom is 0.335 e. The molecule has 1 aromatic carbocycles. The fraction of sp³-hybridized carbons (Fsp3) is 0.100. The summed E-state index contributed by atoms with van der Waals surface area (Å²) in [4.78, 5) is 10.6. The minimum Gasteiger partial charge on any atom is -0.478 e. The molecule has 0 spiro atoms. The van der Waals surface area contributed by atoms with Crippen molar-refractivity contribution in [2.75, 3.05) is 5.73 Å². The second-order valence-electron chi connectivity index (χ2n) is 2.86. The predicted octanol–water partition coefficient (Wildman–Crippen LogP) is 1.68. The lowest BCUT2D eigenvalue weighted by molar-refractivity contribution is -0.130. The van der Waals surface area contributed by atoms with Crippen LogP contribution in [0.3, 0.4) is 0 Å². The van der Waals surface area contributed by atoms with E-state index >= 15 is 0 Å². The lowest BCUT2D eigenvalue weighted by Crippen LogP contribution is -2.00. The van der Waals surface area contributed by atoms with Crippen LogP contribution in [0.15, 0.2) is 24.8 Å². The van der Waals surface area contributed by atoms with Crippen LogP contribution in [0.2, 0.25) is 0 Å². The van der Waals surface area contributed by atoms with Gasteiger partial charge in [0.25, 0.3) is 0 Å². The number of aliphatic carboxylic acids is 1. The monoisotopic (exact) mass is 177 g/mol. The molecule has 0 bridgehead atoms. The van der Waals surface area contributed by atoms with E-state index in [1.165, 1.54) is 0 Å². The molecule has 3 N–H and O–H groups in total. The standard InChI is InChI=1S/C10H11NO2/c1-6-3-4-8(11)5-9(6)7(2)10(12)13/h3-5H,2,11H2,1H3,(H,12,13). The third-order valence-corrected chi connectivity index (χ3v) is 1.84. The van der Waals surface area contributed by atoms with Crippen LogP contribution in [0.5, 0.6) is 0 Å². The maximum absolute atomic E-state index is 10.6. The van der Waals surface area contributed by atoms with Crippen LogP contribution in [0.4, 0.5) is 5.69 Å². The summed E-state index contributed by atoms with van der Waals surface area (Å²) >= 11 is 0. The molecule has 0 aliphatic heterocycles. The van der Waals surface area contributed by atoms with Gasteiger partial charge in [0.05, 0.1) is 5.57 Å². The third kappa shape index (κ3) is 1.87. The van der Waals surface area contributed by atoms with Crippen molar-refractivity contribution in [2.24, 2.45) is 0 Å². The molecule has 0 heterocycles. The van der Waals surface area contributed by atoms with Gasteiger partial charge in [-0.3, -0.25) is 0 Å². The molecule has 0 aliphatic rings. The molecule has 0 unspecified atom stereocenters.